The molecule has 0 atom stereocenters. The molecule has 0 saturated heterocycles. The van der Waals surface area contributed by atoms with Crippen molar-refractivity contribution in [2.75, 3.05) is 18.4 Å². The first-order valence-corrected chi connectivity index (χ1v) is 12.1. The molecule has 0 aliphatic carbocycles. The van der Waals surface area contributed by atoms with E-state index < -0.39 is 15.9 Å². The Hall–Kier alpha value is -2.26. The Morgan fingerprint density at radius 3 is 2.43 bits per heavy atom. The minimum Gasteiger partial charge on any atom is -0.298 e. The van der Waals surface area contributed by atoms with Gasteiger partial charge in [0, 0.05) is 24.0 Å². The molecule has 3 aromatic rings. The molecule has 6 nitrogen and oxygen atoms in total. The molecule has 30 heavy (non-hydrogen) atoms. The van der Waals surface area contributed by atoms with Crippen LogP contribution in [0.15, 0.2) is 52.7 Å². The number of sulfonamides is 1. The highest BCUT2D eigenvalue weighted by Crippen LogP contribution is 2.27. The lowest BCUT2D eigenvalue weighted by atomic mass is 10.1. The number of hydrogen-bond donors (Lipinski definition) is 1. The minimum atomic E-state index is -3.70. The predicted molar refractivity (Wildman–Crippen MR) is 122 cm³/mol. The first kappa shape index (κ1) is 22.4. The number of rotatable bonds is 7. The molecule has 0 unspecified atom stereocenters. The first-order valence-electron chi connectivity index (χ1n) is 9.39. The lowest BCUT2D eigenvalue weighted by Crippen LogP contribution is -2.30. The summed E-state index contributed by atoms with van der Waals surface area (Å²) in [4.78, 5) is 17.3. The highest BCUT2D eigenvalue weighted by Gasteiger charge is 2.24. The molecule has 0 aliphatic heterocycles. The second kappa shape index (κ2) is 9.26. The quantitative estimate of drug-likeness (QED) is 0.531. The van der Waals surface area contributed by atoms with Crippen LogP contribution in [-0.4, -0.2) is 36.7 Å². The second-order valence-electron chi connectivity index (χ2n) is 6.59. The van der Waals surface area contributed by atoms with Gasteiger partial charge in [-0.15, -0.1) is 11.3 Å². The lowest BCUT2D eigenvalue weighted by molar-refractivity contribution is 0.102. The maximum atomic E-state index is 12.8. The fraction of sp³-hybridized carbons (Fsp3) is 0.238. The molecule has 0 bridgehead atoms. The van der Waals surface area contributed by atoms with Crippen molar-refractivity contribution in [2.45, 2.75) is 25.7 Å². The van der Waals surface area contributed by atoms with Crippen LogP contribution in [0.5, 0.6) is 0 Å². The number of nitrogens with one attached hydrogen (secondary N) is 1. The van der Waals surface area contributed by atoms with Crippen molar-refractivity contribution in [2.24, 2.45) is 0 Å². The Morgan fingerprint density at radius 1 is 1.13 bits per heavy atom. The molecular formula is C21H22ClN3O3S2. The highest BCUT2D eigenvalue weighted by molar-refractivity contribution is 7.89. The average Bonchev–Trinajstić information content (AvgIpc) is 3.17. The normalized spacial score (nSPS) is 11.6. The van der Waals surface area contributed by atoms with Crippen molar-refractivity contribution < 1.29 is 13.2 Å². The van der Waals surface area contributed by atoms with Crippen LogP contribution < -0.4 is 5.32 Å². The van der Waals surface area contributed by atoms with Gasteiger partial charge in [0.15, 0.2) is 5.13 Å². The monoisotopic (exact) mass is 463 g/mol. The van der Waals surface area contributed by atoms with E-state index in [1.807, 2.05) is 36.6 Å². The Morgan fingerprint density at radius 2 is 1.80 bits per heavy atom. The summed E-state index contributed by atoms with van der Waals surface area (Å²) in [5.41, 5.74) is 2.93. The molecule has 1 heterocycles. The molecule has 1 aromatic heterocycles. The van der Waals surface area contributed by atoms with Gasteiger partial charge < -0.3 is 0 Å². The lowest BCUT2D eigenvalue weighted by Gasteiger charge is -2.19. The van der Waals surface area contributed by atoms with Crippen LogP contribution in [-0.2, 0) is 10.0 Å². The van der Waals surface area contributed by atoms with E-state index in [0.717, 1.165) is 16.8 Å². The summed E-state index contributed by atoms with van der Waals surface area (Å²) in [6.45, 7) is 6.21. The third kappa shape index (κ3) is 4.73. The van der Waals surface area contributed by atoms with Gasteiger partial charge in [0.25, 0.3) is 5.91 Å². The van der Waals surface area contributed by atoms with Crippen LogP contribution in [0.1, 0.15) is 29.8 Å². The largest absolute Gasteiger partial charge is 0.298 e. The Kier molecular flexibility index (Phi) is 6.92. The van der Waals surface area contributed by atoms with Crippen LogP contribution in [0.25, 0.3) is 11.3 Å². The zero-order chi connectivity index (χ0) is 21.9. The third-order valence-corrected chi connectivity index (χ3v) is 7.73. The molecule has 0 radical (unpaired) electrons. The number of carbonyl (C=O) groups is 1. The summed E-state index contributed by atoms with van der Waals surface area (Å²) >= 11 is 7.47. The van der Waals surface area contributed by atoms with Crippen molar-refractivity contribution in [3.05, 3.63) is 64.0 Å². The molecule has 0 saturated carbocycles. The van der Waals surface area contributed by atoms with Crippen molar-refractivity contribution in [1.29, 1.82) is 0 Å². The van der Waals surface area contributed by atoms with E-state index in [4.69, 9.17) is 11.6 Å². The number of nitrogens with zero attached hydrogens (tertiary/aromatic N) is 2. The molecule has 1 amide bonds. The van der Waals surface area contributed by atoms with Crippen molar-refractivity contribution in [3.63, 3.8) is 0 Å². The summed E-state index contributed by atoms with van der Waals surface area (Å²) in [6.07, 6.45) is 0. The van der Waals surface area contributed by atoms with Gasteiger partial charge in [0.2, 0.25) is 10.0 Å². The van der Waals surface area contributed by atoms with E-state index >= 15 is 0 Å². The SMILES string of the molecule is CCN(CC)S(=O)(=O)c1ccc(Cl)c(C(=O)Nc2nc(-c3ccc(C)cc3)cs2)c1. The molecule has 1 N–H and O–H groups in total. The Bertz CT molecular complexity index is 1150. The first-order chi connectivity index (χ1) is 14.3. The molecule has 0 spiro atoms. The topological polar surface area (TPSA) is 79.4 Å². The zero-order valence-electron chi connectivity index (χ0n) is 16.8. The molecule has 158 valence electrons. The van der Waals surface area contributed by atoms with Gasteiger partial charge >= 0.3 is 0 Å². The van der Waals surface area contributed by atoms with Gasteiger partial charge in [-0.25, -0.2) is 13.4 Å². The summed E-state index contributed by atoms with van der Waals surface area (Å²) in [6, 6.07) is 12.1. The Labute approximate surface area is 185 Å². The maximum absolute atomic E-state index is 12.8. The van der Waals surface area contributed by atoms with E-state index in [1.165, 1.54) is 33.8 Å². The Balaban J connectivity index is 1.85. The molecule has 0 aliphatic rings. The van der Waals surface area contributed by atoms with E-state index in [1.54, 1.807) is 13.8 Å². The molecule has 9 heteroatoms. The van der Waals surface area contributed by atoms with Crippen molar-refractivity contribution >= 4 is 44.0 Å². The number of hydrogen-bond acceptors (Lipinski definition) is 5. The van der Waals surface area contributed by atoms with Crippen LogP contribution in [0.3, 0.4) is 0 Å². The predicted octanol–water partition coefficient (Wildman–Crippen LogP) is 5.05. The number of carbonyl (C=O) groups excluding carboxylic acids is 1. The second-order valence-corrected chi connectivity index (χ2v) is 9.79. The van der Waals surface area contributed by atoms with Crippen molar-refractivity contribution in [3.8, 4) is 11.3 Å². The average molecular weight is 464 g/mol. The molecular weight excluding hydrogens is 442 g/mol. The number of halogens is 1. The smallest absolute Gasteiger partial charge is 0.259 e. The van der Waals surface area contributed by atoms with E-state index in [-0.39, 0.29) is 15.5 Å². The summed E-state index contributed by atoms with van der Waals surface area (Å²) < 4.78 is 26.9. The van der Waals surface area contributed by atoms with Gasteiger partial charge in [-0.1, -0.05) is 55.3 Å². The van der Waals surface area contributed by atoms with Crippen LogP contribution >= 0.6 is 22.9 Å². The zero-order valence-corrected chi connectivity index (χ0v) is 19.2. The van der Waals surface area contributed by atoms with E-state index in [2.05, 4.69) is 10.3 Å². The van der Waals surface area contributed by atoms with E-state index in [0.29, 0.717) is 18.2 Å². The molecule has 3 rings (SSSR count). The van der Waals surface area contributed by atoms with Gasteiger partial charge in [-0.05, 0) is 25.1 Å². The van der Waals surface area contributed by atoms with E-state index in [9.17, 15) is 13.2 Å². The van der Waals surface area contributed by atoms with Crippen LogP contribution in [0, 0.1) is 6.92 Å². The number of benzene rings is 2. The minimum absolute atomic E-state index is 0.0280. The fourth-order valence-electron chi connectivity index (χ4n) is 2.90. The summed E-state index contributed by atoms with van der Waals surface area (Å²) in [5, 5.41) is 5.14. The number of thiazole rings is 1. The maximum Gasteiger partial charge on any atom is 0.259 e. The standard InChI is InChI=1S/C21H22ClN3O3S2/c1-4-25(5-2)30(27,28)16-10-11-18(22)17(12-16)20(26)24-21-23-19(13-29-21)15-8-6-14(3)7-9-15/h6-13H,4-5H2,1-3H3,(H,23,24,26). The fourth-order valence-corrected chi connectivity index (χ4v) is 5.31. The van der Waals surface area contributed by atoms with Crippen LogP contribution in [0.4, 0.5) is 5.13 Å². The number of anilines is 1. The van der Waals surface area contributed by atoms with Crippen LogP contribution in [0.2, 0.25) is 5.02 Å². The highest BCUT2D eigenvalue weighted by atomic mass is 35.5. The van der Waals surface area contributed by atoms with Crippen molar-refractivity contribution in [1.82, 2.24) is 9.29 Å². The number of amides is 1. The van der Waals surface area contributed by atoms with Gasteiger partial charge in [-0.3, -0.25) is 10.1 Å². The summed E-state index contributed by atoms with van der Waals surface area (Å²) in [7, 11) is -3.70. The third-order valence-electron chi connectivity index (χ3n) is 4.60. The number of aromatic nitrogens is 1. The number of aryl methyl sites for hydroxylation is 1. The van der Waals surface area contributed by atoms with Gasteiger partial charge in [0.05, 0.1) is 21.2 Å². The molecule has 2 aromatic carbocycles. The summed E-state index contributed by atoms with van der Waals surface area (Å²) in [5.74, 6) is -0.513. The van der Waals surface area contributed by atoms with Gasteiger partial charge in [-0.2, -0.15) is 4.31 Å². The molecule has 0 fully saturated rings. The van der Waals surface area contributed by atoms with Gasteiger partial charge in [0.1, 0.15) is 0 Å².